The second kappa shape index (κ2) is 7.48. The summed E-state index contributed by atoms with van der Waals surface area (Å²) >= 11 is 0. The Morgan fingerprint density at radius 1 is 0.853 bits per heavy atom. The Kier molecular flexibility index (Phi) is 5.42. The van der Waals surface area contributed by atoms with E-state index in [4.69, 9.17) is 4.74 Å². The fourth-order valence-electron chi connectivity index (χ4n) is 11.0. The minimum atomic E-state index is -0.113. The van der Waals surface area contributed by atoms with E-state index in [2.05, 4.69) is 55.0 Å². The topological polar surface area (TPSA) is 26.3 Å². The summed E-state index contributed by atoms with van der Waals surface area (Å²) in [6, 6.07) is 0. The van der Waals surface area contributed by atoms with Gasteiger partial charge in [0.15, 0.2) is 0 Å². The first kappa shape index (κ1) is 24.6. The number of fused-ring (bicyclic) bond motifs is 6. The standard InChI is InChI=1S/C32H50O2/c1-20(2)22-12-15-29(6)18-19-31(8)23(27(22)29)10-11-25-30(7)16-14-26(34-21(3)33)28(4,5)24(30)13-17-32(25,31)9/h22,24-26H,1,10-19H2,2-9H3/t22-,24-,25+,26-,29+,30-,31+,32+/m0/s1. The van der Waals surface area contributed by atoms with Crippen molar-refractivity contribution in [2.75, 3.05) is 0 Å². The van der Waals surface area contributed by atoms with Gasteiger partial charge in [-0.15, -0.1) is 0 Å². The minimum Gasteiger partial charge on any atom is -0.462 e. The average molecular weight is 467 g/mol. The van der Waals surface area contributed by atoms with Crippen molar-refractivity contribution in [3.63, 3.8) is 0 Å². The third-order valence-electron chi connectivity index (χ3n) is 13.0. The zero-order valence-electron chi connectivity index (χ0n) is 23.4. The van der Waals surface area contributed by atoms with Gasteiger partial charge in [-0.1, -0.05) is 64.8 Å². The van der Waals surface area contributed by atoms with E-state index in [1.54, 1.807) is 6.92 Å². The van der Waals surface area contributed by atoms with Crippen LogP contribution in [0.15, 0.2) is 23.3 Å². The van der Waals surface area contributed by atoms with Crippen LogP contribution in [0.3, 0.4) is 0 Å². The van der Waals surface area contributed by atoms with Gasteiger partial charge in [0.1, 0.15) is 6.10 Å². The molecule has 0 N–H and O–H groups in total. The van der Waals surface area contributed by atoms with Gasteiger partial charge in [0, 0.05) is 18.3 Å². The van der Waals surface area contributed by atoms with Crippen LogP contribution in [0, 0.1) is 44.8 Å². The van der Waals surface area contributed by atoms with Gasteiger partial charge < -0.3 is 4.74 Å². The summed E-state index contributed by atoms with van der Waals surface area (Å²) < 4.78 is 5.91. The van der Waals surface area contributed by atoms with Crippen molar-refractivity contribution >= 4 is 5.97 Å². The van der Waals surface area contributed by atoms with Crippen molar-refractivity contribution in [1.82, 2.24) is 0 Å². The van der Waals surface area contributed by atoms with Gasteiger partial charge in [0.25, 0.3) is 0 Å². The van der Waals surface area contributed by atoms with E-state index < -0.39 is 0 Å². The molecule has 4 fully saturated rings. The van der Waals surface area contributed by atoms with Crippen molar-refractivity contribution in [3.05, 3.63) is 23.3 Å². The normalized spacial score (nSPS) is 49.4. The average Bonchev–Trinajstić information content (AvgIpc) is 3.08. The van der Waals surface area contributed by atoms with Crippen molar-refractivity contribution in [3.8, 4) is 0 Å². The van der Waals surface area contributed by atoms with Gasteiger partial charge in [0.2, 0.25) is 0 Å². The smallest absolute Gasteiger partial charge is 0.302 e. The predicted molar refractivity (Wildman–Crippen MR) is 140 cm³/mol. The zero-order chi connectivity index (χ0) is 24.9. The van der Waals surface area contributed by atoms with Gasteiger partial charge in [-0.2, -0.15) is 0 Å². The molecular weight excluding hydrogens is 416 g/mol. The van der Waals surface area contributed by atoms with Crippen molar-refractivity contribution in [1.29, 1.82) is 0 Å². The van der Waals surface area contributed by atoms with Crippen LogP contribution in [-0.2, 0) is 9.53 Å². The summed E-state index contributed by atoms with van der Waals surface area (Å²) in [7, 11) is 0. The van der Waals surface area contributed by atoms with Gasteiger partial charge >= 0.3 is 5.97 Å². The van der Waals surface area contributed by atoms with Crippen molar-refractivity contribution in [2.45, 2.75) is 126 Å². The fourth-order valence-corrected chi connectivity index (χ4v) is 11.0. The van der Waals surface area contributed by atoms with Gasteiger partial charge in [-0.05, 0) is 105 Å². The van der Waals surface area contributed by atoms with E-state index in [0.29, 0.717) is 33.5 Å². The van der Waals surface area contributed by atoms with Gasteiger partial charge in [-0.25, -0.2) is 0 Å². The molecule has 0 amide bonds. The first-order valence-electron chi connectivity index (χ1n) is 14.3. The van der Waals surface area contributed by atoms with Crippen LogP contribution >= 0.6 is 0 Å². The summed E-state index contributed by atoms with van der Waals surface area (Å²) in [4.78, 5) is 11.9. The SMILES string of the molecule is C=C(C)[C@@H]1CC[C@]2(C)CC[C@]3(C)C(=C12)CC[C@@H]1[C@@]2(C)CC[C@H](OC(C)=O)C(C)(C)[C@@H]2CC[C@]13C. The first-order chi connectivity index (χ1) is 15.7. The molecule has 0 aromatic rings. The van der Waals surface area contributed by atoms with E-state index >= 15 is 0 Å². The lowest BCUT2D eigenvalue weighted by atomic mass is 9.34. The van der Waals surface area contributed by atoms with Crippen molar-refractivity contribution < 1.29 is 9.53 Å². The Bertz CT molecular complexity index is 941. The highest BCUT2D eigenvalue weighted by atomic mass is 16.5. The monoisotopic (exact) mass is 466 g/mol. The Morgan fingerprint density at radius 3 is 2.21 bits per heavy atom. The van der Waals surface area contributed by atoms with E-state index in [-0.39, 0.29) is 17.5 Å². The number of ether oxygens (including phenoxy) is 1. The first-order valence-corrected chi connectivity index (χ1v) is 14.3. The molecule has 0 heterocycles. The van der Waals surface area contributed by atoms with Crippen LogP contribution in [0.1, 0.15) is 120 Å². The summed E-state index contributed by atoms with van der Waals surface area (Å²) in [6.07, 6.45) is 12.9. The van der Waals surface area contributed by atoms with Crippen molar-refractivity contribution in [2.24, 2.45) is 44.8 Å². The molecule has 190 valence electrons. The molecule has 0 aliphatic heterocycles. The summed E-state index contributed by atoms with van der Waals surface area (Å²) in [5.41, 5.74) is 6.54. The number of allylic oxidation sites excluding steroid dienone is 3. The number of carbonyl (C=O) groups excluding carboxylic acids is 1. The Morgan fingerprint density at radius 2 is 1.56 bits per heavy atom. The maximum absolute atomic E-state index is 11.9. The molecule has 0 aromatic carbocycles. The molecule has 2 heteroatoms. The van der Waals surface area contributed by atoms with E-state index in [1.807, 2.05) is 11.1 Å². The number of esters is 1. The highest BCUT2D eigenvalue weighted by molar-refractivity contribution is 5.66. The summed E-state index contributed by atoms with van der Waals surface area (Å²) in [5, 5.41) is 0. The fraction of sp³-hybridized carbons (Fsp3) is 0.844. The molecular formula is C32H50O2. The third kappa shape index (κ3) is 3.02. The highest BCUT2D eigenvalue weighted by Crippen LogP contribution is 2.76. The molecule has 2 nitrogen and oxygen atoms in total. The molecule has 5 aliphatic carbocycles. The van der Waals surface area contributed by atoms with E-state index in [9.17, 15) is 4.79 Å². The molecule has 8 atom stereocenters. The number of hydrogen-bond acceptors (Lipinski definition) is 2. The summed E-state index contributed by atoms with van der Waals surface area (Å²) in [6.45, 7) is 23.7. The maximum Gasteiger partial charge on any atom is 0.302 e. The van der Waals surface area contributed by atoms with Crippen LogP contribution < -0.4 is 0 Å². The number of carbonyl (C=O) groups is 1. The van der Waals surface area contributed by atoms with E-state index in [1.165, 1.54) is 63.4 Å². The molecule has 0 spiro atoms. The molecule has 0 radical (unpaired) electrons. The molecule has 0 saturated heterocycles. The molecule has 5 aliphatic rings. The lowest BCUT2D eigenvalue weighted by Gasteiger charge is -2.70. The predicted octanol–water partition coefficient (Wildman–Crippen LogP) is 8.66. The van der Waals surface area contributed by atoms with Gasteiger partial charge in [-0.3, -0.25) is 4.79 Å². The minimum absolute atomic E-state index is 0.0429. The molecule has 0 unspecified atom stereocenters. The molecule has 34 heavy (non-hydrogen) atoms. The molecule has 5 rings (SSSR count). The molecule has 4 saturated carbocycles. The summed E-state index contributed by atoms with van der Waals surface area (Å²) in [5.74, 6) is 1.87. The lowest BCUT2D eigenvalue weighted by Crippen LogP contribution is -2.64. The molecule has 0 aromatic heterocycles. The molecule has 0 bridgehead atoms. The Labute approximate surface area is 209 Å². The van der Waals surface area contributed by atoms with E-state index in [0.717, 1.165) is 12.3 Å². The van der Waals surface area contributed by atoms with Crippen LogP contribution in [0.5, 0.6) is 0 Å². The highest BCUT2D eigenvalue weighted by Gasteiger charge is 2.68. The quantitative estimate of drug-likeness (QED) is 0.300. The second-order valence-corrected chi connectivity index (χ2v) is 14.8. The largest absolute Gasteiger partial charge is 0.462 e. The number of hydrogen-bond donors (Lipinski definition) is 0. The van der Waals surface area contributed by atoms with Crippen LogP contribution in [0.25, 0.3) is 0 Å². The Hall–Kier alpha value is -1.05. The third-order valence-corrected chi connectivity index (χ3v) is 13.0. The van der Waals surface area contributed by atoms with Crippen LogP contribution in [0.2, 0.25) is 0 Å². The van der Waals surface area contributed by atoms with Gasteiger partial charge in [0.05, 0.1) is 0 Å². The Balaban J connectivity index is 1.56. The van der Waals surface area contributed by atoms with Crippen LogP contribution in [0.4, 0.5) is 0 Å². The number of rotatable bonds is 2. The second-order valence-electron chi connectivity index (χ2n) is 14.8. The zero-order valence-corrected chi connectivity index (χ0v) is 23.4. The maximum atomic E-state index is 11.9. The van der Waals surface area contributed by atoms with Crippen LogP contribution in [-0.4, -0.2) is 12.1 Å². The lowest BCUT2D eigenvalue weighted by molar-refractivity contribution is -0.212.